The molecule has 12 rings (SSSR count). The maximum atomic E-state index is 6.56. The third-order valence-electron chi connectivity index (χ3n) is 11.5. The average Bonchev–Trinajstić information content (AvgIpc) is 3.85. The van der Waals surface area contributed by atoms with Crippen LogP contribution in [0.15, 0.2) is 203 Å². The molecular weight excluding hydrogens is 697 g/mol. The number of nitrogens with zero attached hydrogens (tertiary/aromatic N) is 2. The number of rotatable bonds is 5. The highest BCUT2D eigenvalue weighted by atomic mass is 16.3. The van der Waals surface area contributed by atoms with Gasteiger partial charge in [-0.25, -0.2) is 0 Å². The monoisotopic (exact) mass is 728 g/mol. The number of pyridine rings is 1. The van der Waals surface area contributed by atoms with Crippen LogP contribution in [-0.2, 0) is 0 Å². The van der Waals surface area contributed by atoms with Crippen LogP contribution in [0.5, 0.6) is 0 Å². The van der Waals surface area contributed by atoms with Crippen LogP contribution in [0.1, 0.15) is 0 Å². The van der Waals surface area contributed by atoms with Crippen molar-refractivity contribution in [3.8, 4) is 22.4 Å². The fourth-order valence-electron chi connectivity index (χ4n) is 8.67. The summed E-state index contributed by atoms with van der Waals surface area (Å²) in [4.78, 5) is 7.02. The van der Waals surface area contributed by atoms with Crippen LogP contribution in [0.3, 0.4) is 0 Å². The molecule has 0 aliphatic carbocycles. The molecule has 4 nitrogen and oxygen atoms in total. The van der Waals surface area contributed by atoms with Gasteiger partial charge in [0.2, 0.25) is 0 Å². The molecule has 0 aliphatic heterocycles. The third kappa shape index (κ3) is 5.12. The van der Waals surface area contributed by atoms with E-state index in [9.17, 15) is 0 Å². The number of benzene rings is 9. The molecule has 0 N–H and O–H groups in total. The maximum absolute atomic E-state index is 6.56. The molecule has 0 bridgehead atoms. The van der Waals surface area contributed by atoms with Crippen LogP contribution in [-0.4, -0.2) is 4.98 Å². The van der Waals surface area contributed by atoms with E-state index in [1.165, 1.54) is 26.9 Å². The Hall–Kier alpha value is -7.69. The summed E-state index contributed by atoms with van der Waals surface area (Å²) >= 11 is 0. The summed E-state index contributed by atoms with van der Waals surface area (Å²) in [5.74, 6) is 0. The van der Waals surface area contributed by atoms with Crippen molar-refractivity contribution in [2.24, 2.45) is 0 Å². The Balaban J connectivity index is 0.968. The molecule has 0 amide bonds. The normalized spacial score (nSPS) is 11.9. The highest BCUT2D eigenvalue weighted by Crippen LogP contribution is 2.43. The topological polar surface area (TPSA) is 42.4 Å². The van der Waals surface area contributed by atoms with Crippen LogP contribution in [0.2, 0.25) is 0 Å². The lowest BCUT2D eigenvalue weighted by molar-refractivity contribution is 0.669. The number of hydrogen-bond donors (Lipinski definition) is 0. The Morgan fingerprint density at radius 1 is 0.333 bits per heavy atom. The summed E-state index contributed by atoms with van der Waals surface area (Å²) in [5.41, 5.74) is 10.8. The van der Waals surface area contributed by atoms with Crippen molar-refractivity contribution >= 4 is 93.3 Å². The molecule has 4 heteroatoms. The maximum Gasteiger partial charge on any atom is 0.137 e. The Kier molecular flexibility index (Phi) is 6.89. The average molecular weight is 729 g/mol. The predicted octanol–water partition coefficient (Wildman–Crippen LogP) is 15.1. The number of fused-ring (bicyclic) bond motifs is 11. The summed E-state index contributed by atoms with van der Waals surface area (Å²) in [5, 5.41) is 11.6. The van der Waals surface area contributed by atoms with Crippen molar-refractivity contribution in [3.05, 3.63) is 194 Å². The second-order valence-corrected chi connectivity index (χ2v) is 14.8. The highest BCUT2D eigenvalue weighted by Gasteiger charge is 2.19. The second kappa shape index (κ2) is 12.4. The standard InChI is InChI=1S/C53H32N2O2/c1-2-10-39-32-54-47(29-38(39)9-1)37-15-13-33(14-16-37)34-17-21-40(22-18-34)55(41-23-25-45-50(30-41)56-48-27-19-35-7-3-5-11-43(35)52(45)48)42-24-26-46-51(31-42)57-49-28-20-36-8-4-6-12-44(36)53(46)49/h1-32H. The van der Waals surface area contributed by atoms with Crippen LogP contribution in [0, 0.1) is 0 Å². The van der Waals surface area contributed by atoms with Crippen molar-refractivity contribution in [1.29, 1.82) is 0 Å². The van der Waals surface area contributed by atoms with E-state index in [1.807, 2.05) is 12.3 Å². The lowest BCUT2D eigenvalue weighted by atomic mass is 10.0. The van der Waals surface area contributed by atoms with E-state index in [-0.39, 0.29) is 0 Å². The molecule has 9 aromatic carbocycles. The largest absolute Gasteiger partial charge is 0.456 e. The Morgan fingerprint density at radius 3 is 1.39 bits per heavy atom. The quantitative estimate of drug-likeness (QED) is 0.177. The Labute approximate surface area is 327 Å². The van der Waals surface area contributed by atoms with Crippen molar-refractivity contribution in [1.82, 2.24) is 4.98 Å². The lowest BCUT2D eigenvalue weighted by Gasteiger charge is -2.25. The summed E-state index contributed by atoms with van der Waals surface area (Å²) in [6, 6.07) is 66.5. The highest BCUT2D eigenvalue weighted by molar-refractivity contribution is 6.20. The molecule has 0 radical (unpaired) electrons. The van der Waals surface area contributed by atoms with Crippen molar-refractivity contribution in [3.63, 3.8) is 0 Å². The molecule has 3 aromatic heterocycles. The van der Waals surface area contributed by atoms with Gasteiger partial charge in [-0.3, -0.25) is 4.98 Å². The molecule has 266 valence electrons. The molecule has 0 saturated carbocycles. The van der Waals surface area contributed by atoms with E-state index < -0.39 is 0 Å². The summed E-state index contributed by atoms with van der Waals surface area (Å²) in [6.07, 6.45) is 1.95. The second-order valence-electron chi connectivity index (χ2n) is 14.8. The molecule has 0 saturated heterocycles. The third-order valence-corrected chi connectivity index (χ3v) is 11.5. The first-order valence-corrected chi connectivity index (χ1v) is 19.3. The molecule has 3 heterocycles. The number of hydrogen-bond acceptors (Lipinski definition) is 4. The van der Waals surface area contributed by atoms with Gasteiger partial charge in [0, 0.05) is 67.9 Å². The van der Waals surface area contributed by atoms with Gasteiger partial charge in [-0.1, -0.05) is 121 Å². The van der Waals surface area contributed by atoms with E-state index in [0.717, 1.165) is 88.7 Å². The molecule has 0 aliphatic rings. The van der Waals surface area contributed by atoms with Crippen molar-refractivity contribution in [2.75, 3.05) is 4.90 Å². The van der Waals surface area contributed by atoms with E-state index in [2.05, 4.69) is 187 Å². The number of furan rings is 2. The van der Waals surface area contributed by atoms with Gasteiger partial charge < -0.3 is 13.7 Å². The molecule has 0 spiro atoms. The predicted molar refractivity (Wildman–Crippen MR) is 237 cm³/mol. The molecule has 0 fully saturated rings. The van der Waals surface area contributed by atoms with Gasteiger partial charge in [-0.15, -0.1) is 0 Å². The first-order valence-electron chi connectivity index (χ1n) is 19.3. The fraction of sp³-hybridized carbons (Fsp3) is 0. The summed E-state index contributed by atoms with van der Waals surface area (Å²) < 4.78 is 13.1. The zero-order valence-corrected chi connectivity index (χ0v) is 30.7. The molecule has 57 heavy (non-hydrogen) atoms. The smallest absolute Gasteiger partial charge is 0.137 e. The van der Waals surface area contributed by atoms with Gasteiger partial charge in [0.25, 0.3) is 0 Å². The minimum atomic E-state index is 0.845. The minimum absolute atomic E-state index is 0.845. The van der Waals surface area contributed by atoms with Crippen LogP contribution in [0.4, 0.5) is 17.1 Å². The summed E-state index contributed by atoms with van der Waals surface area (Å²) in [6.45, 7) is 0. The minimum Gasteiger partial charge on any atom is -0.456 e. The van der Waals surface area contributed by atoms with Gasteiger partial charge in [0.15, 0.2) is 0 Å². The van der Waals surface area contributed by atoms with Gasteiger partial charge in [0.1, 0.15) is 22.3 Å². The number of aromatic nitrogens is 1. The Morgan fingerprint density at radius 2 is 0.807 bits per heavy atom. The molecule has 12 aromatic rings. The number of anilines is 3. The van der Waals surface area contributed by atoms with E-state index in [0.29, 0.717) is 0 Å². The van der Waals surface area contributed by atoms with Gasteiger partial charge in [-0.05, 0) is 92.7 Å². The molecular formula is C53H32N2O2. The van der Waals surface area contributed by atoms with Crippen LogP contribution in [0.25, 0.3) is 98.6 Å². The van der Waals surface area contributed by atoms with E-state index >= 15 is 0 Å². The first-order chi connectivity index (χ1) is 28.2. The zero-order valence-electron chi connectivity index (χ0n) is 30.7. The fourth-order valence-corrected chi connectivity index (χ4v) is 8.67. The SMILES string of the molecule is c1ccc2cc(-c3ccc(-c4ccc(N(c5ccc6c(c5)oc5ccc7ccccc7c56)c5ccc6c(c5)oc5ccc7ccccc7c56)cc4)cc3)ncc2c1. The van der Waals surface area contributed by atoms with Gasteiger partial charge >= 0.3 is 0 Å². The van der Waals surface area contributed by atoms with Crippen molar-refractivity contribution in [2.45, 2.75) is 0 Å². The lowest BCUT2D eigenvalue weighted by Crippen LogP contribution is -2.09. The van der Waals surface area contributed by atoms with E-state index in [4.69, 9.17) is 13.8 Å². The first kappa shape index (κ1) is 31.6. The van der Waals surface area contributed by atoms with Crippen LogP contribution >= 0.6 is 0 Å². The van der Waals surface area contributed by atoms with Gasteiger partial charge in [0.05, 0.1) is 5.69 Å². The molecule has 0 unspecified atom stereocenters. The van der Waals surface area contributed by atoms with E-state index in [1.54, 1.807) is 0 Å². The van der Waals surface area contributed by atoms with Crippen molar-refractivity contribution < 1.29 is 8.83 Å². The van der Waals surface area contributed by atoms with Gasteiger partial charge in [-0.2, -0.15) is 0 Å². The molecule has 0 atom stereocenters. The Bertz CT molecular complexity index is 3370. The summed E-state index contributed by atoms with van der Waals surface area (Å²) in [7, 11) is 0. The zero-order chi connectivity index (χ0) is 37.5. The van der Waals surface area contributed by atoms with Crippen LogP contribution < -0.4 is 4.90 Å².